The van der Waals surface area contributed by atoms with E-state index in [0.29, 0.717) is 43.6 Å². The van der Waals surface area contributed by atoms with E-state index in [-0.39, 0.29) is 27.7 Å². The standard InChI is InChI=1S/C27H21F5N4O3S/c28-17-6-8-22(19(29)14-17)36-25(38)18-3-1-2-4-20(18)34-26(36)40-15-24(37)33-21-13-16(27(30,31)32)5-7-23(21)35-9-11-39-12-10-35/h1-8,13-14H,9-12,15H2,(H,33,37). The minimum absolute atomic E-state index is 0.0317. The minimum atomic E-state index is -4.62. The maximum Gasteiger partial charge on any atom is 0.416 e. The number of carbonyl (C=O) groups excluding carboxylic acids is 1. The smallest absolute Gasteiger partial charge is 0.378 e. The summed E-state index contributed by atoms with van der Waals surface area (Å²) < 4.78 is 74.8. The molecule has 0 radical (unpaired) electrons. The van der Waals surface area contributed by atoms with Crippen molar-refractivity contribution in [3.8, 4) is 5.69 Å². The van der Waals surface area contributed by atoms with E-state index in [1.165, 1.54) is 12.1 Å². The summed E-state index contributed by atoms with van der Waals surface area (Å²) in [5.41, 5.74) is -1.16. The number of anilines is 2. The molecule has 5 rings (SSSR count). The van der Waals surface area contributed by atoms with E-state index < -0.39 is 34.8 Å². The van der Waals surface area contributed by atoms with Gasteiger partial charge < -0.3 is 15.0 Å². The maximum atomic E-state index is 14.7. The predicted molar refractivity (Wildman–Crippen MR) is 141 cm³/mol. The number of rotatable bonds is 6. The molecule has 0 aliphatic carbocycles. The Hall–Kier alpha value is -3.97. The van der Waals surface area contributed by atoms with E-state index in [9.17, 15) is 31.5 Å². The van der Waals surface area contributed by atoms with Gasteiger partial charge in [0.25, 0.3) is 5.56 Å². The number of alkyl halides is 3. The highest BCUT2D eigenvalue weighted by Gasteiger charge is 2.32. The average Bonchev–Trinajstić information content (AvgIpc) is 2.93. The Morgan fingerprint density at radius 1 is 1.00 bits per heavy atom. The number of carbonyl (C=O) groups is 1. The van der Waals surface area contributed by atoms with Gasteiger partial charge in [-0.2, -0.15) is 13.2 Å². The molecule has 1 aliphatic rings. The zero-order valence-corrected chi connectivity index (χ0v) is 21.5. The van der Waals surface area contributed by atoms with Crippen LogP contribution in [-0.2, 0) is 15.7 Å². The van der Waals surface area contributed by atoms with Gasteiger partial charge in [-0.15, -0.1) is 0 Å². The van der Waals surface area contributed by atoms with Crippen LogP contribution in [0.4, 0.5) is 33.3 Å². The molecular formula is C27H21F5N4O3S. The molecule has 1 fully saturated rings. The lowest BCUT2D eigenvalue weighted by Gasteiger charge is -2.31. The fourth-order valence-corrected chi connectivity index (χ4v) is 5.10. The number of thioether (sulfide) groups is 1. The zero-order chi connectivity index (χ0) is 28.4. The monoisotopic (exact) mass is 576 g/mol. The lowest BCUT2D eigenvalue weighted by molar-refractivity contribution is -0.137. The Labute approximate surface area is 228 Å². The summed E-state index contributed by atoms with van der Waals surface area (Å²) in [6.07, 6.45) is -4.62. The van der Waals surface area contributed by atoms with Crippen molar-refractivity contribution in [2.75, 3.05) is 42.3 Å². The van der Waals surface area contributed by atoms with Gasteiger partial charge >= 0.3 is 6.18 Å². The summed E-state index contributed by atoms with van der Waals surface area (Å²) >= 11 is 0.786. The largest absolute Gasteiger partial charge is 0.416 e. The van der Waals surface area contributed by atoms with Crippen molar-refractivity contribution in [2.24, 2.45) is 0 Å². The first kappa shape index (κ1) is 27.6. The lowest BCUT2D eigenvalue weighted by Crippen LogP contribution is -2.37. The van der Waals surface area contributed by atoms with Crippen LogP contribution in [0.15, 0.2) is 70.6 Å². The van der Waals surface area contributed by atoms with Gasteiger partial charge in [-0.05, 0) is 42.5 Å². The maximum absolute atomic E-state index is 14.7. The van der Waals surface area contributed by atoms with E-state index in [1.807, 2.05) is 4.90 Å². The van der Waals surface area contributed by atoms with Gasteiger partial charge in [0, 0.05) is 19.2 Å². The fraction of sp³-hybridized carbons (Fsp3) is 0.222. The van der Waals surface area contributed by atoms with Gasteiger partial charge in [-0.3, -0.25) is 14.2 Å². The Balaban J connectivity index is 1.46. The van der Waals surface area contributed by atoms with Gasteiger partial charge in [-0.1, -0.05) is 23.9 Å². The molecule has 0 unspecified atom stereocenters. The van der Waals surface area contributed by atoms with Crippen LogP contribution < -0.4 is 15.8 Å². The molecule has 0 saturated carbocycles. The quantitative estimate of drug-likeness (QED) is 0.192. The number of hydrogen-bond acceptors (Lipinski definition) is 6. The van der Waals surface area contributed by atoms with E-state index in [4.69, 9.17) is 4.74 Å². The van der Waals surface area contributed by atoms with E-state index in [1.54, 1.807) is 18.2 Å². The van der Waals surface area contributed by atoms with Crippen LogP contribution in [0.3, 0.4) is 0 Å². The molecule has 1 amide bonds. The number of amides is 1. The van der Waals surface area contributed by atoms with Crippen molar-refractivity contribution in [2.45, 2.75) is 11.3 Å². The highest BCUT2D eigenvalue weighted by molar-refractivity contribution is 7.99. The number of halogens is 5. The highest BCUT2D eigenvalue weighted by atomic mass is 32.2. The Bertz CT molecular complexity index is 1640. The molecule has 1 aliphatic heterocycles. The van der Waals surface area contributed by atoms with Crippen LogP contribution in [0.5, 0.6) is 0 Å². The number of fused-ring (bicyclic) bond motifs is 1. The first-order chi connectivity index (χ1) is 19.1. The molecule has 0 bridgehead atoms. The summed E-state index contributed by atoms with van der Waals surface area (Å²) in [5.74, 6) is -2.89. The molecule has 3 aromatic carbocycles. The number of aromatic nitrogens is 2. The van der Waals surface area contributed by atoms with Crippen molar-refractivity contribution < 1.29 is 31.5 Å². The van der Waals surface area contributed by atoms with Gasteiger partial charge in [0.1, 0.15) is 11.6 Å². The van der Waals surface area contributed by atoms with Crippen LogP contribution in [-0.4, -0.2) is 47.5 Å². The molecule has 4 aromatic rings. The molecule has 13 heteroatoms. The van der Waals surface area contributed by atoms with Crippen molar-refractivity contribution in [3.05, 3.63) is 88.2 Å². The number of nitrogens with one attached hydrogen (secondary N) is 1. The van der Waals surface area contributed by atoms with Crippen LogP contribution >= 0.6 is 11.8 Å². The van der Waals surface area contributed by atoms with E-state index in [2.05, 4.69) is 10.3 Å². The Kier molecular flexibility index (Phi) is 7.76. The second-order valence-electron chi connectivity index (χ2n) is 8.81. The number of para-hydroxylation sites is 1. The fourth-order valence-electron chi connectivity index (χ4n) is 4.29. The number of benzene rings is 3. The second-order valence-corrected chi connectivity index (χ2v) is 9.76. The van der Waals surface area contributed by atoms with E-state index >= 15 is 0 Å². The predicted octanol–water partition coefficient (Wildman–Crippen LogP) is 5.25. The molecule has 40 heavy (non-hydrogen) atoms. The Morgan fingerprint density at radius 2 is 1.73 bits per heavy atom. The average molecular weight is 577 g/mol. The van der Waals surface area contributed by atoms with Crippen molar-refractivity contribution in [3.63, 3.8) is 0 Å². The first-order valence-electron chi connectivity index (χ1n) is 12.1. The van der Waals surface area contributed by atoms with Crippen LogP contribution in [0, 0.1) is 11.6 Å². The lowest BCUT2D eigenvalue weighted by atomic mass is 10.1. The van der Waals surface area contributed by atoms with Gasteiger partial charge in [0.05, 0.1) is 52.5 Å². The summed E-state index contributed by atoms with van der Waals surface area (Å²) in [6.45, 7) is 1.63. The third-order valence-electron chi connectivity index (χ3n) is 6.18. The molecule has 1 N–H and O–H groups in total. The topological polar surface area (TPSA) is 76.5 Å². The molecule has 208 valence electrons. The van der Waals surface area contributed by atoms with E-state index in [0.717, 1.165) is 40.6 Å². The summed E-state index contributed by atoms with van der Waals surface area (Å²) in [7, 11) is 0. The number of nitrogens with zero attached hydrogens (tertiary/aromatic N) is 3. The molecule has 0 atom stereocenters. The van der Waals surface area contributed by atoms with Gasteiger partial charge in [0.15, 0.2) is 5.16 Å². The summed E-state index contributed by atoms with van der Waals surface area (Å²) in [5, 5.41) is 2.67. The molecular weight excluding hydrogens is 555 g/mol. The highest BCUT2D eigenvalue weighted by Crippen LogP contribution is 2.36. The van der Waals surface area contributed by atoms with Gasteiger partial charge in [0.2, 0.25) is 5.91 Å². The third-order valence-corrected chi connectivity index (χ3v) is 7.12. The van der Waals surface area contributed by atoms with Crippen LogP contribution in [0.1, 0.15) is 5.56 Å². The molecule has 2 heterocycles. The SMILES string of the molecule is O=C(CSc1nc2ccccc2c(=O)n1-c1ccc(F)cc1F)Nc1cc(C(F)(F)F)ccc1N1CCOCC1. The minimum Gasteiger partial charge on any atom is -0.378 e. The van der Waals surface area contributed by atoms with Crippen LogP contribution in [0.25, 0.3) is 16.6 Å². The summed E-state index contributed by atoms with van der Waals surface area (Å²) in [6, 6.07) is 12.2. The second kappa shape index (κ2) is 11.3. The Morgan fingerprint density at radius 3 is 2.45 bits per heavy atom. The first-order valence-corrected chi connectivity index (χ1v) is 13.0. The van der Waals surface area contributed by atoms with Crippen LogP contribution in [0.2, 0.25) is 0 Å². The molecule has 1 aromatic heterocycles. The van der Waals surface area contributed by atoms with Gasteiger partial charge in [-0.25, -0.2) is 13.8 Å². The molecule has 1 saturated heterocycles. The summed E-state index contributed by atoms with van der Waals surface area (Å²) in [4.78, 5) is 32.5. The molecule has 7 nitrogen and oxygen atoms in total. The van der Waals surface area contributed by atoms with Crippen molar-refractivity contribution in [1.29, 1.82) is 0 Å². The third kappa shape index (κ3) is 5.80. The number of morpholine rings is 1. The van der Waals surface area contributed by atoms with Crippen molar-refractivity contribution >= 4 is 39.9 Å². The molecule has 0 spiro atoms. The van der Waals surface area contributed by atoms with Crippen molar-refractivity contribution in [1.82, 2.24) is 9.55 Å². The number of ether oxygens (including phenoxy) is 1. The number of hydrogen-bond donors (Lipinski definition) is 1. The normalized spacial score (nSPS) is 14.0. The zero-order valence-electron chi connectivity index (χ0n) is 20.7.